The number of amides is 1. The number of unbranched alkanes of at least 4 members (excludes halogenated alkanes) is 4. The zero-order valence-electron chi connectivity index (χ0n) is 17.1. The van der Waals surface area contributed by atoms with Gasteiger partial charge in [0, 0.05) is 19.1 Å². The van der Waals surface area contributed by atoms with E-state index in [1.807, 2.05) is 6.92 Å². The smallest absolute Gasteiger partial charge is 0.264 e. The number of aliphatic hydroxyl groups is 1. The van der Waals surface area contributed by atoms with Gasteiger partial charge in [0.2, 0.25) is 0 Å². The van der Waals surface area contributed by atoms with Gasteiger partial charge in [-0.2, -0.15) is 0 Å². The van der Waals surface area contributed by atoms with Crippen molar-refractivity contribution >= 4 is 5.91 Å². The molecule has 1 amide bonds. The average Bonchev–Trinajstić information content (AvgIpc) is 2.62. The van der Waals surface area contributed by atoms with Gasteiger partial charge in [0.25, 0.3) is 5.91 Å². The van der Waals surface area contributed by atoms with Crippen molar-refractivity contribution in [1.82, 2.24) is 21.3 Å². The van der Waals surface area contributed by atoms with Crippen LogP contribution in [-0.2, 0) is 4.79 Å². The lowest BCUT2D eigenvalue weighted by Crippen LogP contribution is -2.47. The zero-order chi connectivity index (χ0) is 20.3. The Morgan fingerprint density at radius 2 is 1.56 bits per heavy atom. The Bertz CT molecular complexity index is 381. The fourth-order valence-corrected chi connectivity index (χ4v) is 2.64. The highest BCUT2D eigenvalue weighted by Gasteiger charge is 2.16. The molecule has 0 heterocycles. The van der Waals surface area contributed by atoms with E-state index < -0.39 is 6.23 Å². The molecule has 27 heavy (non-hydrogen) atoms. The highest BCUT2D eigenvalue weighted by Crippen LogP contribution is 2.06. The molecule has 0 aliphatic rings. The molecular formula is C19H42N6O2. The van der Waals surface area contributed by atoms with E-state index in [0.29, 0.717) is 18.9 Å². The zero-order valence-corrected chi connectivity index (χ0v) is 17.1. The molecule has 0 aromatic rings. The minimum atomic E-state index is -1.15. The molecule has 9 N–H and O–H groups in total. The van der Waals surface area contributed by atoms with Crippen molar-refractivity contribution in [1.29, 1.82) is 0 Å². The van der Waals surface area contributed by atoms with Crippen LogP contribution in [0, 0.1) is 0 Å². The second-order valence-electron chi connectivity index (χ2n) is 7.02. The van der Waals surface area contributed by atoms with Gasteiger partial charge in [-0.05, 0) is 58.7 Å². The summed E-state index contributed by atoms with van der Waals surface area (Å²) in [7, 11) is 0. The summed E-state index contributed by atoms with van der Waals surface area (Å²) in [6.07, 6.45) is 6.99. The van der Waals surface area contributed by atoms with Crippen LogP contribution in [0.25, 0.3) is 0 Å². The van der Waals surface area contributed by atoms with Crippen LogP contribution in [-0.4, -0.2) is 56.0 Å². The van der Waals surface area contributed by atoms with E-state index in [0.717, 1.165) is 71.0 Å². The fraction of sp³-hybridized carbons (Fsp3) is 0.842. The summed E-state index contributed by atoms with van der Waals surface area (Å²) < 4.78 is 0. The Kier molecular flexibility index (Phi) is 17.1. The van der Waals surface area contributed by atoms with Crippen LogP contribution in [0.4, 0.5) is 0 Å². The van der Waals surface area contributed by atoms with Gasteiger partial charge in [-0.1, -0.05) is 25.8 Å². The number of nitrogens with one attached hydrogen (secondary N) is 4. The van der Waals surface area contributed by atoms with Gasteiger partial charge >= 0.3 is 0 Å². The van der Waals surface area contributed by atoms with Crippen LogP contribution in [0.15, 0.2) is 12.4 Å². The maximum Gasteiger partial charge on any atom is 0.264 e. The molecule has 8 nitrogen and oxygen atoms in total. The summed E-state index contributed by atoms with van der Waals surface area (Å²) >= 11 is 0. The van der Waals surface area contributed by atoms with Crippen molar-refractivity contribution in [2.24, 2.45) is 11.5 Å². The van der Waals surface area contributed by atoms with Gasteiger partial charge in [-0.3, -0.25) is 10.1 Å². The van der Waals surface area contributed by atoms with Crippen molar-refractivity contribution in [3.8, 4) is 0 Å². The highest BCUT2D eigenvalue weighted by molar-refractivity contribution is 5.79. The van der Waals surface area contributed by atoms with Crippen LogP contribution in [0.3, 0.4) is 0 Å². The molecule has 0 saturated heterocycles. The van der Waals surface area contributed by atoms with Crippen LogP contribution in [0.2, 0.25) is 0 Å². The number of carbonyl (C=O) groups is 1. The lowest BCUT2D eigenvalue weighted by molar-refractivity contribution is -0.131. The lowest BCUT2D eigenvalue weighted by atomic mass is 10.1. The van der Waals surface area contributed by atoms with E-state index >= 15 is 0 Å². The van der Waals surface area contributed by atoms with Crippen molar-refractivity contribution in [3.05, 3.63) is 12.4 Å². The molecule has 0 aromatic heterocycles. The van der Waals surface area contributed by atoms with E-state index in [-0.39, 0.29) is 11.9 Å². The third-order valence-corrected chi connectivity index (χ3v) is 4.24. The molecule has 8 heteroatoms. The predicted octanol–water partition coefficient (Wildman–Crippen LogP) is 0.0877. The van der Waals surface area contributed by atoms with E-state index in [1.54, 1.807) is 0 Å². The average molecular weight is 387 g/mol. The first-order valence-electron chi connectivity index (χ1n) is 10.3. The minimum absolute atomic E-state index is 0.0967. The first-order valence-corrected chi connectivity index (χ1v) is 10.3. The number of aliphatic hydroxyl groups excluding tert-OH is 1. The summed E-state index contributed by atoms with van der Waals surface area (Å²) in [6, 6.07) is 0.0967. The third kappa shape index (κ3) is 17.8. The van der Waals surface area contributed by atoms with Crippen LogP contribution >= 0.6 is 0 Å². The van der Waals surface area contributed by atoms with E-state index in [1.165, 1.54) is 0 Å². The number of carbonyl (C=O) groups excluding carboxylic acids is 1. The minimum Gasteiger partial charge on any atom is -0.386 e. The second-order valence-corrected chi connectivity index (χ2v) is 7.02. The molecule has 160 valence electrons. The molecule has 0 bridgehead atoms. The maximum atomic E-state index is 11.9. The van der Waals surface area contributed by atoms with Gasteiger partial charge in [0.1, 0.15) is 0 Å². The predicted molar refractivity (Wildman–Crippen MR) is 112 cm³/mol. The summed E-state index contributed by atoms with van der Waals surface area (Å²) in [5.74, 6) is 0.158. The normalized spacial score (nSPS) is 13.1. The molecule has 0 saturated carbocycles. The molecule has 0 fully saturated rings. The Balaban J connectivity index is 3.55. The topological polar surface area (TPSA) is 137 Å². The number of nitrogens with two attached hydrogens (primary N) is 2. The van der Waals surface area contributed by atoms with Gasteiger partial charge in [-0.15, -0.1) is 0 Å². The summed E-state index contributed by atoms with van der Waals surface area (Å²) in [5, 5.41) is 22.0. The van der Waals surface area contributed by atoms with Gasteiger partial charge in [0.15, 0.2) is 6.23 Å². The van der Waals surface area contributed by atoms with Gasteiger partial charge < -0.3 is 32.5 Å². The van der Waals surface area contributed by atoms with E-state index in [2.05, 4.69) is 27.8 Å². The Morgan fingerprint density at radius 1 is 0.963 bits per heavy atom. The third-order valence-electron chi connectivity index (χ3n) is 4.24. The van der Waals surface area contributed by atoms with Crippen molar-refractivity contribution < 1.29 is 9.90 Å². The van der Waals surface area contributed by atoms with E-state index in [9.17, 15) is 9.90 Å². The first-order chi connectivity index (χ1) is 13.0. The summed E-state index contributed by atoms with van der Waals surface area (Å²) in [4.78, 5) is 11.9. The molecule has 0 radical (unpaired) electrons. The summed E-state index contributed by atoms with van der Waals surface area (Å²) in [6.45, 7) is 9.57. The Labute approximate surface area is 164 Å². The van der Waals surface area contributed by atoms with E-state index in [4.69, 9.17) is 11.5 Å². The number of hydrogen-bond donors (Lipinski definition) is 7. The molecular weight excluding hydrogens is 344 g/mol. The molecule has 0 aromatic carbocycles. The molecule has 2 unspecified atom stereocenters. The van der Waals surface area contributed by atoms with Crippen LogP contribution < -0.4 is 32.7 Å². The lowest BCUT2D eigenvalue weighted by Gasteiger charge is -2.18. The number of rotatable bonds is 19. The first kappa shape index (κ1) is 25.6. The SMILES string of the molecule is C=C(N)NCCCCCCC(C)NC(O)C(=O)NCCCCNCCCN. The summed E-state index contributed by atoms with van der Waals surface area (Å²) in [5.41, 5.74) is 10.9. The van der Waals surface area contributed by atoms with Crippen LogP contribution in [0.1, 0.15) is 58.3 Å². The van der Waals surface area contributed by atoms with Crippen molar-refractivity contribution in [2.45, 2.75) is 70.6 Å². The second kappa shape index (κ2) is 18.0. The standard InChI is InChI=1S/C19H42N6O2/c1-16(10-5-3-4-6-14-23-17(2)21)25-19(27)18(26)24-15-8-7-12-22-13-9-11-20/h16,19,22-23,25,27H,2-15,20-21H2,1H3,(H,24,26). The Morgan fingerprint density at radius 3 is 2.26 bits per heavy atom. The van der Waals surface area contributed by atoms with Gasteiger partial charge in [-0.25, -0.2) is 0 Å². The monoisotopic (exact) mass is 386 g/mol. The van der Waals surface area contributed by atoms with Crippen molar-refractivity contribution in [2.75, 3.05) is 32.7 Å². The molecule has 0 rings (SSSR count). The molecule has 0 aliphatic carbocycles. The quantitative estimate of drug-likeness (QED) is 0.123. The molecule has 0 aliphatic heterocycles. The Hall–Kier alpha value is -1.35. The largest absolute Gasteiger partial charge is 0.386 e. The molecule has 2 atom stereocenters. The number of hydrogen-bond acceptors (Lipinski definition) is 7. The maximum absolute atomic E-state index is 11.9. The van der Waals surface area contributed by atoms with Gasteiger partial charge in [0.05, 0.1) is 5.82 Å². The molecule has 0 spiro atoms. The highest BCUT2D eigenvalue weighted by atomic mass is 16.3. The van der Waals surface area contributed by atoms with Crippen LogP contribution in [0.5, 0.6) is 0 Å². The fourth-order valence-electron chi connectivity index (χ4n) is 2.64. The van der Waals surface area contributed by atoms with Crippen molar-refractivity contribution in [3.63, 3.8) is 0 Å².